The van der Waals surface area contributed by atoms with Crippen molar-refractivity contribution < 1.29 is 14.6 Å². The Balaban J connectivity index is 1.96. The third-order valence-corrected chi connectivity index (χ3v) is 3.70. The van der Waals surface area contributed by atoms with Crippen LogP contribution in [0.2, 0.25) is 0 Å². The van der Waals surface area contributed by atoms with Crippen molar-refractivity contribution >= 4 is 5.97 Å². The summed E-state index contributed by atoms with van der Waals surface area (Å²) >= 11 is 0. The third kappa shape index (κ3) is 3.79. The van der Waals surface area contributed by atoms with Gasteiger partial charge in [0.1, 0.15) is 0 Å². The van der Waals surface area contributed by atoms with Crippen LogP contribution in [0.25, 0.3) is 0 Å². The summed E-state index contributed by atoms with van der Waals surface area (Å²) in [5.74, 6) is -0.278. The molecule has 1 aromatic carbocycles. The molecule has 20 heavy (non-hydrogen) atoms. The molecule has 1 saturated heterocycles. The van der Waals surface area contributed by atoms with E-state index in [1.54, 1.807) is 0 Å². The van der Waals surface area contributed by atoms with Crippen molar-refractivity contribution in [1.82, 2.24) is 9.80 Å². The van der Waals surface area contributed by atoms with E-state index in [1.807, 2.05) is 24.3 Å². The van der Waals surface area contributed by atoms with E-state index in [2.05, 4.69) is 9.80 Å². The lowest BCUT2D eigenvalue weighted by molar-refractivity contribution is 0.0596. The number of carbonyl (C=O) groups excluding carboxylic acids is 1. The predicted molar refractivity (Wildman–Crippen MR) is 76.6 cm³/mol. The first-order valence-electron chi connectivity index (χ1n) is 6.96. The zero-order valence-corrected chi connectivity index (χ0v) is 11.9. The second kappa shape index (κ2) is 7.38. The molecule has 0 bridgehead atoms. The molecule has 1 aromatic rings. The highest BCUT2D eigenvalue weighted by Gasteiger charge is 2.18. The number of nitrogens with zero attached hydrogens (tertiary/aromatic N) is 2. The first-order chi connectivity index (χ1) is 9.74. The fourth-order valence-corrected chi connectivity index (χ4v) is 2.52. The molecule has 5 nitrogen and oxygen atoms in total. The molecule has 2 rings (SSSR count). The van der Waals surface area contributed by atoms with Crippen LogP contribution in [0.15, 0.2) is 24.3 Å². The number of hydrogen-bond acceptors (Lipinski definition) is 5. The average molecular weight is 278 g/mol. The van der Waals surface area contributed by atoms with Crippen molar-refractivity contribution in [3.8, 4) is 0 Å². The zero-order chi connectivity index (χ0) is 14.4. The summed E-state index contributed by atoms with van der Waals surface area (Å²) in [6.07, 6.45) is 0. The normalized spacial score (nSPS) is 17.1. The lowest BCUT2D eigenvalue weighted by Gasteiger charge is -2.34. The average Bonchev–Trinajstić information content (AvgIpc) is 2.49. The van der Waals surface area contributed by atoms with Gasteiger partial charge in [-0.1, -0.05) is 18.2 Å². The van der Waals surface area contributed by atoms with E-state index in [1.165, 1.54) is 7.11 Å². The number of piperazine rings is 1. The number of carbonyl (C=O) groups is 1. The Hall–Kier alpha value is -1.43. The maximum Gasteiger partial charge on any atom is 0.338 e. The van der Waals surface area contributed by atoms with E-state index in [4.69, 9.17) is 9.84 Å². The number of esters is 1. The van der Waals surface area contributed by atoms with Gasteiger partial charge in [0, 0.05) is 39.3 Å². The molecule has 0 unspecified atom stereocenters. The Bertz CT molecular complexity index is 442. The number of aliphatic hydroxyl groups excluding tert-OH is 1. The molecular formula is C15H22N2O3. The van der Waals surface area contributed by atoms with Crippen molar-refractivity contribution in [3.05, 3.63) is 35.4 Å². The van der Waals surface area contributed by atoms with E-state index in [-0.39, 0.29) is 12.6 Å². The molecule has 0 radical (unpaired) electrons. The quantitative estimate of drug-likeness (QED) is 0.799. The van der Waals surface area contributed by atoms with Crippen LogP contribution in [0, 0.1) is 0 Å². The molecule has 1 aliphatic heterocycles. The summed E-state index contributed by atoms with van der Waals surface area (Å²) < 4.78 is 4.82. The van der Waals surface area contributed by atoms with Gasteiger partial charge in [0.25, 0.3) is 0 Å². The van der Waals surface area contributed by atoms with Gasteiger partial charge in [0.15, 0.2) is 0 Å². The van der Waals surface area contributed by atoms with Crippen LogP contribution >= 0.6 is 0 Å². The summed E-state index contributed by atoms with van der Waals surface area (Å²) in [5.41, 5.74) is 1.66. The molecule has 5 heteroatoms. The lowest BCUT2D eigenvalue weighted by Crippen LogP contribution is -2.46. The lowest BCUT2D eigenvalue weighted by atomic mass is 10.1. The number of rotatable bonds is 5. The van der Waals surface area contributed by atoms with Gasteiger partial charge >= 0.3 is 5.97 Å². The molecule has 1 fully saturated rings. The fourth-order valence-electron chi connectivity index (χ4n) is 2.52. The minimum atomic E-state index is -0.278. The van der Waals surface area contributed by atoms with Crippen LogP contribution in [0.5, 0.6) is 0 Å². The Morgan fingerprint density at radius 3 is 2.50 bits per heavy atom. The second-order valence-electron chi connectivity index (χ2n) is 4.99. The molecule has 1 aliphatic rings. The van der Waals surface area contributed by atoms with Crippen molar-refractivity contribution in [2.24, 2.45) is 0 Å². The van der Waals surface area contributed by atoms with Crippen LogP contribution < -0.4 is 0 Å². The Kier molecular flexibility index (Phi) is 5.52. The van der Waals surface area contributed by atoms with Crippen molar-refractivity contribution in [2.45, 2.75) is 6.54 Å². The van der Waals surface area contributed by atoms with Crippen LogP contribution in [-0.4, -0.2) is 67.3 Å². The predicted octanol–water partition coefficient (Wildman–Crippen LogP) is 0.583. The number of ether oxygens (including phenoxy) is 1. The van der Waals surface area contributed by atoms with Gasteiger partial charge in [0.05, 0.1) is 19.3 Å². The molecule has 1 N–H and O–H groups in total. The number of methoxy groups -OCH3 is 1. The molecule has 0 atom stereocenters. The highest BCUT2D eigenvalue weighted by atomic mass is 16.5. The molecule has 1 heterocycles. The SMILES string of the molecule is COC(=O)c1ccccc1CN1CCN(CCO)CC1. The van der Waals surface area contributed by atoms with Crippen molar-refractivity contribution in [1.29, 1.82) is 0 Å². The highest BCUT2D eigenvalue weighted by Crippen LogP contribution is 2.14. The summed E-state index contributed by atoms with van der Waals surface area (Å²) in [6.45, 7) is 5.54. The minimum Gasteiger partial charge on any atom is -0.465 e. The zero-order valence-electron chi connectivity index (χ0n) is 11.9. The number of β-amino-alcohol motifs (C(OH)–C–C–N with tert-alkyl or cyclic N) is 1. The van der Waals surface area contributed by atoms with Crippen molar-refractivity contribution in [3.63, 3.8) is 0 Å². The summed E-state index contributed by atoms with van der Waals surface area (Å²) in [4.78, 5) is 16.3. The van der Waals surface area contributed by atoms with Gasteiger partial charge in [-0.15, -0.1) is 0 Å². The molecule has 0 amide bonds. The Labute approximate surface area is 119 Å². The molecule has 0 aliphatic carbocycles. The molecular weight excluding hydrogens is 256 g/mol. The van der Waals surface area contributed by atoms with Crippen LogP contribution in [0.1, 0.15) is 15.9 Å². The largest absolute Gasteiger partial charge is 0.465 e. The van der Waals surface area contributed by atoms with Gasteiger partial charge in [0.2, 0.25) is 0 Å². The Morgan fingerprint density at radius 1 is 1.20 bits per heavy atom. The summed E-state index contributed by atoms with van der Waals surface area (Å²) in [5, 5.41) is 8.94. The van der Waals surface area contributed by atoms with E-state index >= 15 is 0 Å². The third-order valence-electron chi connectivity index (χ3n) is 3.70. The van der Waals surface area contributed by atoms with Gasteiger partial charge in [-0.05, 0) is 11.6 Å². The molecule has 110 valence electrons. The van der Waals surface area contributed by atoms with Crippen LogP contribution in [-0.2, 0) is 11.3 Å². The van der Waals surface area contributed by atoms with Gasteiger partial charge in [-0.3, -0.25) is 9.80 Å². The van der Waals surface area contributed by atoms with E-state index in [0.29, 0.717) is 5.56 Å². The first-order valence-corrected chi connectivity index (χ1v) is 6.96. The molecule has 0 aromatic heterocycles. The first kappa shape index (κ1) is 15.0. The monoisotopic (exact) mass is 278 g/mol. The topological polar surface area (TPSA) is 53.0 Å². The van der Waals surface area contributed by atoms with E-state index in [0.717, 1.165) is 44.8 Å². The van der Waals surface area contributed by atoms with Gasteiger partial charge in [-0.25, -0.2) is 4.79 Å². The smallest absolute Gasteiger partial charge is 0.338 e. The van der Waals surface area contributed by atoms with Crippen LogP contribution in [0.3, 0.4) is 0 Å². The van der Waals surface area contributed by atoms with E-state index < -0.39 is 0 Å². The summed E-state index contributed by atoms with van der Waals surface area (Å²) in [7, 11) is 1.41. The highest BCUT2D eigenvalue weighted by molar-refractivity contribution is 5.90. The molecule has 0 saturated carbocycles. The second-order valence-corrected chi connectivity index (χ2v) is 4.99. The van der Waals surface area contributed by atoms with Crippen LogP contribution in [0.4, 0.5) is 0 Å². The van der Waals surface area contributed by atoms with Gasteiger partial charge < -0.3 is 9.84 Å². The maximum atomic E-state index is 11.7. The van der Waals surface area contributed by atoms with Crippen molar-refractivity contribution in [2.75, 3.05) is 46.4 Å². The number of benzene rings is 1. The standard InChI is InChI=1S/C15H22N2O3/c1-20-15(19)14-5-3-2-4-13(14)12-17-8-6-16(7-9-17)10-11-18/h2-5,18H,6-12H2,1H3. The number of aliphatic hydroxyl groups is 1. The number of hydrogen-bond donors (Lipinski definition) is 1. The summed E-state index contributed by atoms with van der Waals surface area (Å²) in [6, 6.07) is 7.59. The Morgan fingerprint density at radius 2 is 1.85 bits per heavy atom. The molecule has 0 spiro atoms. The fraction of sp³-hybridized carbons (Fsp3) is 0.533. The maximum absolute atomic E-state index is 11.7. The minimum absolute atomic E-state index is 0.213. The van der Waals surface area contributed by atoms with Gasteiger partial charge in [-0.2, -0.15) is 0 Å². The van der Waals surface area contributed by atoms with E-state index in [9.17, 15) is 4.79 Å².